The second kappa shape index (κ2) is 7.37. The van der Waals surface area contributed by atoms with Crippen molar-refractivity contribution in [1.82, 2.24) is 9.36 Å². The zero-order valence-corrected chi connectivity index (χ0v) is 16.8. The highest BCUT2D eigenvalue weighted by atomic mass is 19.4. The summed E-state index contributed by atoms with van der Waals surface area (Å²) in [5, 5.41) is 0. The molecule has 162 valence electrons. The Balaban J connectivity index is 1.76. The lowest BCUT2D eigenvalue weighted by Gasteiger charge is -2.17. The fraction of sp³-hybridized carbons (Fsp3) is 0.524. The second-order valence-corrected chi connectivity index (χ2v) is 8.30. The van der Waals surface area contributed by atoms with Gasteiger partial charge in [-0.25, -0.2) is 4.39 Å². The minimum absolute atomic E-state index is 0.0225. The quantitative estimate of drug-likeness (QED) is 0.697. The number of benzene rings is 1. The number of ether oxygens (including phenoxy) is 1. The van der Waals surface area contributed by atoms with Gasteiger partial charge in [0.25, 0.3) is 5.91 Å². The first-order chi connectivity index (χ1) is 14.1. The SMILES string of the molecule is Cn1c(C2(C)CC2)cc(=NC(=O)c2cc(C(F)(F)F)ccc2F)n1C[C@H]1CCCO1. The molecule has 1 aromatic heterocycles. The average molecular weight is 425 g/mol. The number of rotatable bonds is 4. The molecule has 2 fully saturated rings. The number of hydrogen-bond donors (Lipinski definition) is 0. The van der Waals surface area contributed by atoms with E-state index in [1.807, 2.05) is 11.7 Å². The van der Waals surface area contributed by atoms with E-state index in [2.05, 4.69) is 11.9 Å². The van der Waals surface area contributed by atoms with Crippen molar-refractivity contribution in [2.24, 2.45) is 12.0 Å². The van der Waals surface area contributed by atoms with Crippen molar-refractivity contribution in [2.45, 2.75) is 56.8 Å². The predicted molar refractivity (Wildman–Crippen MR) is 100 cm³/mol. The monoisotopic (exact) mass is 425 g/mol. The smallest absolute Gasteiger partial charge is 0.376 e. The van der Waals surface area contributed by atoms with E-state index in [1.165, 1.54) is 0 Å². The van der Waals surface area contributed by atoms with Gasteiger partial charge in [-0.05, 0) is 43.9 Å². The summed E-state index contributed by atoms with van der Waals surface area (Å²) < 4.78 is 62.5. The second-order valence-electron chi connectivity index (χ2n) is 8.30. The Hall–Kier alpha value is -2.42. The fourth-order valence-corrected chi connectivity index (χ4v) is 3.90. The van der Waals surface area contributed by atoms with Crippen LogP contribution in [0.25, 0.3) is 0 Å². The van der Waals surface area contributed by atoms with Crippen molar-refractivity contribution in [3.63, 3.8) is 0 Å². The number of aromatic nitrogens is 2. The van der Waals surface area contributed by atoms with E-state index in [0.717, 1.165) is 31.4 Å². The van der Waals surface area contributed by atoms with E-state index < -0.39 is 29.0 Å². The molecule has 1 saturated heterocycles. The first-order valence-corrected chi connectivity index (χ1v) is 9.93. The summed E-state index contributed by atoms with van der Waals surface area (Å²) in [6.45, 7) is 3.24. The van der Waals surface area contributed by atoms with E-state index in [4.69, 9.17) is 4.74 Å². The molecule has 1 atom stereocenters. The van der Waals surface area contributed by atoms with Gasteiger partial charge in [0.05, 0.1) is 23.8 Å². The van der Waals surface area contributed by atoms with Crippen LogP contribution in [0.1, 0.15) is 54.2 Å². The Kier molecular flexibility index (Phi) is 5.12. The molecule has 5 nitrogen and oxygen atoms in total. The Labute approximate surface area is 171 Å². The maximum Gasteiger partial charge on any atom is 0.416 e. The van der Waals surface area contributed by atoms with E-state index in [0.29, 0.717) is 31.4 Å². The summed E-state index contributed by atoms with van der Waals surface area (Å²) in [7, 11) is 1.86. The molecule has 1 aromatic carbocycles. The zero-order chi connectivity index (χ0) is 21.7. The van der Waals surface area contributed by atoms with Gasteiger partial charge in [-0.15, -0.1) is 0 Å². The molecule has 1 aliphatic heterocycles. The highest BCUT2D eigenvalue weighted by molar-refractivity contribution is 5.95. The van der Waals surface area contributed by atoms with Crippen LogP contribution in [-0.2, 0) is 29.9 Å². The summed E-state index contributed by atoms with van der Waals surface area (Å²) in [5.74, 6) is -2.08. The lowest BCUT2D eigenvalue weighted by atomic mass is 10.1. The molecule has 2 heterocycles. The third-order valence-corrected chi connectivity index (χ3v) is 6.00. The van der Waals surface area contributed by atoms with Crippen molar-refractivity contribution in [2.75, 3.05) is 6.61 Å². The average Bonchev–Trinajstić information content (AvgIpc) is 3.09. The number of halogens is 4. The van der Waals surface area contributed by atoms with E-state index in [-0.39, 0.29) is 17.0 Å². The lowest BCUT2D eigenvalue weighted by Crippen LogP contribution is -2.30. The first kappa shape index (κ1) is 20.8. The minimum atomic E-state index is -4.68. The fourth-order valence-electron chi connectivity index (χ4n) is 3.90. The van der Waals surface area contributed by atoms with Gasteiger partial charge in [0.15, 0.2) is 5.49 Å². The van der Waals surface area contributed by atoms with E-state index in [1.54, 1.807) is 10.7 Å². The Bertz CT molecular complexity index is 1040. The topological polar surface area (TPSA) is 48.5 Å². The third-order valence-electron chi connectivity index (χ3n) is 6.00. The molecule has 1 saturated carbocycles. The zero-order valence-electron chi connectivity index (χ0n) is 16.8. The van der Waals surface area contributed by atoms with Crippen molar-refractivity contribution >= 4 is 5.91 Å². The Morgan fingerprint density at radius 2 is 2.03 bits per heavy atom. The normalized spacial score (nSPS) is 21.3. The van der Waals surface area contributed by atoms with Crippen molar-refractivity contribution < 1.29 is 27.1 Å². The summed E-state index contributed by atoms with van der Waals surface area (Å²) in [4.78, 5) is 16.7. The summed E-state index contributed by atoms with van der Waals surface area (Å²) >= 11 is 0. The highest BCUT2D eigenvalue weighted by Gasteiger charge is 2.42. The van der Waals surface area contributed by atoms with Crippen LogP contribution in [0, 0.1) is 5.82 Å². The van der Waals surface area contributed by atoms with Crippen molar-refractivity contribution in [3.8, 4) is 0 Å². The molecule has 1 aliphatic carbocycles. The molecule has 0 bridgehead atoms. The minimum Gasteiger partial charge on any atom is -0.376 e. The summed E-state index contributed by atoms with van der Waals surface area (Å²) in [6.07, 6.45) is -0.886. The number of carbonyl (C=O) groups is 1. The highest BCUT2D eigenvalue weighted by Crippen LogP contribution is 2.47. The van der Waals surface area contributed by atoms with Crippen LogP contribution in [0.15, 0.2) is 29.3 Å². The van der Waals surface area contributed by atoms with E-state index >= 15 is 0 Å². The first-order valence-electron chi connectivity index (χ1n) is 9.93. The molecule has 0 unspecified atom stereocenters. The van der Waals surface area contributed by atoms with Gasteiger partial charge in [-0.3, -0.25) is 14.2 Å². The molecule has 0 radical (unpaired) electrons. The molecule has 2 aliphatic rings. The van der Waals surface area contributed by atoms with Crippen molar-refractivity contribution in [3.05, 3.63) is 52.4 Å². The predicted octanol–water partition coefficient (Wildman–Crippen LogP) is 3.96. The van der Waals surface area contributed by atoms with Gasteiger partial charge in [-0.1, -0.05) is 6.92 Å². The molecule has 2 aromatic rings. The molecule has 4 rings (SSSR count). The summed E-state index contributed by atoms with van der Waals surface area (Å²) in [6, 6.07) is 3.54. The largest absolute Gasteiger partial charge is 0.416 e. The number of carbonyl (C=O) groups excluding carboxylic acids is 1. The maximum atomic E-state index is 14.1. The molecule has 1 amide bonds. The van der Waals surface area contributed by atoms with Gasteiger partial charge < -0.3 is 4.74 Å². The third kappa shape index (κ3) is 3.95. The van der Waals surface area contributed by atoms with Gasteiger partial charge in [0.2, 0.25) is 0 Å². The molecular weight excluding hydrogens is 402 g/mol. The van der Waals surface area contributed by atoms with Crippen LogP contribution < -0.4 is 5.49 Å². The summed E-state index contributed by atoms with van der Waals surface area (Å²) in [5.41, 5.74) is -0.536. The molecule has 9 heteroatoms. The molecule has 30 heavy (non-hydrogen) atoms. The van der Waals surface area contributed by atoms with Gasteiger partial charge in [0.1, 0.15) is 5.82 Å². The van der Waals surface area contributed by atoms with Crippen LogP contribution >= 0.6 is 0 Å². The van der Waals surface area contributed by atoms with Gasteiger partial charge in [-0.2, -0.15) is 18.2 Å². The lowest BCUT2D eigenvalue weighted by molar-refractivity contribution is -0.137. The standard InChI is InChI=1S/C21H23F4N3O2/c1-20(7-8-20)17-11-18(28(27(17)2)12-14-4-3-9-30-14)26-19(29)15-10-13(21(23,24)25)5-6-16(15)22/h5-6,10-11,14H,3-4,7-9,12H2,1-2H3/t14-/m1/s1. The van der Waals surface area contributed by atoms with Crippen LogP contribution in [0.2, 0.25) is 0 Å². The Morgan fingerprint density at radius 3 is 2.63 bits per heavy atom. The molecule has 0 N–H and O–H groups in total. The van der Waals surface area contributed by atoms with Gasteiger partial charge >= 0.3 is 6.18 Å². The number of hydrogen-bond acceptors (Lipinski definition) is 2. The van der Waals surface area contributed by atoms with Crippen LogP contribution in [0.5, 0.6) is 0 Å². The van der Waals surface area contributed by atoms with Crippen molar-refractivity contribution in [1.29, 1.82) is 0 Å². The van der Waals surface area contributed by atoms with Crippen LogP contribution in [0.4, 0.5) is 17.6 Å². The van der Waals surface area contributed by atoms with E-state index in [9.17, 15) is 22.4 Å². The van der Waals surface area contributed by atoms with Gasteiger partial charge in [0, 0.05) is 30.8 Å². The number of alkyl halides is 3. The molecule has 0 spiro atoms. The van der Waals surface area contributed by atoms with Crippen LogP contribution in [-0.4, -0.2) is 28.0 Å². The number of amides is 1. The number of nitrogens with zero attached hydrogens (tertiary/aromatic N) is 3. The maximum absolute atomic E-state index is 14.1. The van der Waals surface area contributed by atoms with Crippen LogP contribution in [0.3, 0.4) is 0 Å². The Morgan fingerprint density at radius 1 is 1.30 bits per heavy atom. The molecular formula is C21H23F4N3O2.